The molecule has 1 N–H and O–H groups in total. The highest BCUT2D eigenvalue weighted by Gasteiger charge is 2.03. The largest absolute Gasteiger partial charge is 0.278 e. The lowest BCUT2D eigenvalue weighted by Gasteiger charge is -2.08. The molecule has 4 rings (SSSR count). The van der Waals surface area contributed by atoms with Crippen LogP contribution in [0.15, 0.2) is 67.1 Å². The van der Waals surface area contributed by atoms with Crippen molar-refractivity contribution in [3.8, 4) is 5.69 Å². The zero-order valence-corrected chi connectivity index (χ0v) is 13.5. The lowest BCUT2D eigenvalue weighted by molar-refractivity contribution is 0.880. The van der Waals surface area contributed by atoms with E-state index in [1.54, 1.807) is 6.20 Å². The highest BCUT2D eigenvalue weighted by Crippen LogP contribution is 2.24. The Morgan fingerprint density at radius 3 is 2.79 bits per heavy atom. The number of nitrogens with one attached hydrogen (secondary N) is 1. The van der Waals surface area contributed by atoms with Crippen molar-refractivity contribution in [2.24, 2.45) is 0 Å². The van der Waals surface area contributed by atoms with E-state index in [1.807, 2.05) is 23.1 Å². The summed E-state index contributed by atoms with van der Waals surface area (Å²) in [6.07, 6.45) is 8.82. The van der Waals surface area contributed by atoms with Gasteiger partial charge in [0, 0.05) is 17.8 Å². The van der Waals surface area contributed by atoms with E-state index in [0.29, 0.717) is 0 Å². The predicted octanol–water partition coefficient (Wildman–Crippen LogP) is 4.70. The second-order valence-corrected chi connectivity index (χ2v) is 5.74. The summed E-state index contributed by atoms with van der Waals surface area (Å²) in [6.45, 7) is 2.18. The maximum atomic E-state index is 4.27. The van der Waals surface area contributed by atoms with Crippen LogP contribution in [-0.2, 0) is 0 Å². The van der Waals surface area contributed by atoms with Gasteiger partial charge in [-0.2, -0.15) is 10.2 Å². The fraction of sp³-hybridized carbons (Fsp3) is 0.100. The minimum Gasteiger partial charge on any atom is -0.278 e. The average molecular weight is 314 g/mol. The van der Waals surface area contributed by atoms with E-state index >= 15 is 0 Å². The molecule has 0 saturated carbocycles. The molecule has 0 fully saturated rings. The Morgan fingerprint density at radius 1 is 1.17 bits per heavy atom. The van der Waals surface area contributed by atoms with Gasteiger partial charge in [0.05, 0.1) is 17.4 Å². The first-order valence-electron chi connectivity index (χ1n) is 8.07. The maximum Gasteiger partial charge on any atom is 0.0650 e. The van der Waals surface area contributed by atoms with Crippen LogP contribution < -0.4 is 0 Å². The molecule has 0 amide bonds. The first-order chi connectivity index (χ1) is 11.8. The molecule has 4 nitrogen and oxygen atoms in total. The molecule has 0 radical (unpaired) electrons. The van der Waals surface area contributed by atoms with E-state index in [4.69, 9.17) is 0 Å². The van der Waals surface area contributed by atoms with E-state index < -0.39 is 0 Å². The van der Waals surface area contributed by atoms with Crippen molar-refractivity contribution in [2.75, 3.05) is 0 Å². The smallest absolute Gasteiger partial charge is 0.0650 e. The summed E-state index contributed by atoms with van der Waals surface area (Å²) in [5.74, 6) is 0. The summed E-state index contributed by atoms with van der Waals surface area (Å²) < 4.78 is 1.87. The molecule has 0 spiro atoms. The van der Waals surface area contributed by atoms with E-state index in [2.05, 4.69) is 70.8 Å². The minimum absolute atomic E-state index is 0.977. The molecule has 4 aromatic rings. The molecule has 2 aromatic heterocycles. The Morgan fingerprint density at radius 2 is 2.04 bits per heavy atom. The Kier molecular flexibility index (Phi) is 3.71. The van der Waals surface area contributed by atoms with Crippen LogP contribution in [0.1, 0.15) is 24.5 Å². The summed E-state index contributed by atoms with van der Waals surface area (Å²) in [5, 5.41) is 12.5. The van der Waals surface area contributed by atoms with Crippen LogP contribution in [-0.4, -0.2) is 20.0 Å². The summed E-state index contributed by atoms with van der Waals surface area (Å²) in [5.41, 5.74) is 5.87. The number of nitrogens with zero attached hydrogens (tertiary/aromatic N) is 3. The number of benzene rings is 2. The van der Waals surface area contributed by atoms with Gasteiger partial charge in [0.15, 0.2) is 0 Å². The average Bonchev–Trinajstić information content (AvgIpc) is 3.31. The second-order valence-electron chi connectivity index (χ2n) is 5.74. The van der Waals surface area contributed by atoms with Crippen LogP contribution in [0, 0.1) is 0 Å². The van der Waals surface area contributed by atoms with Crippen molar-refractivity contribution >= 4 is 22.6 Å². The normalized spacial score (nSPS) is 12.0. The summed E-state index contributed by atoms with van der Waals surface area (Å²) in [6, 6.07) is 16.8. The number of aromatic nitrogens is 4. The van der Waals surface area contributed by atoms with E-state index in [-0.39, 0.29) is 0 Å². The van der Waals surface area contributed by atoms with Gasteiger partial charge in [-0.15, -0.1) is 0 Å². The van der Waals surface area contributed by atoms with Gasteiger partial charge >= 0.3 is 0 Å². The van der Waals surface area contributed by atoms with Crippen molar-refractivity contribution in [1.29, 1.82) is 0 Å². The van der Waals surface area contributed by atoms with Gasteiger partial charge in [-0.1, -0.05) is 31.2 Å². The molecular weight excluding hydrogens is 296 g/mol. The monoisotopic (exact) mass is 314 g/mol. The van der Waals surface area contributed by atoms with E-state index in [1.165, 1.54) is 16.7 Å². The molecule has 2 aromatic carbocycles. The fourth-order valence-corrected chi connectivity index (χ4v) is 2.89. The summed E-state index contributed by atoms with van der Waals surface area (Å²) >= 11 is 0. The molecule has 0 unspecified atom stereocenters. The SMILES string of the molecule is CC/C(=C\c1ccc2[nH]ncc2c1)c1ccc(-n2cccn2)cc1. The van der Waals surface area contributed by atoms with Crippen LogP contribution in [0.4, 0.5) is 0 Å². The third kappa shape index (κ3) is 2.74. The first kappa shape index (κ1) is 14.5. The van der Waals surface area contributed by atoms with Gasteiger partial charge in [0.25, 0.3) is 0 Å². The van der Waals surface area contributed by atoms with Crippen LogP contribution in [0.5, 0.6) is 0 Å². The number of H-pyrrole nitrogens is 1. The van der Waals surface area contributed by atoms with E-state index in [9.17, 15) is 0 Å². The van der Waals surface area contributed by atoms with Crippen molar-refractivity contribution in [1.82, 2.24) is 20.0 Å². The Bertz CT molecular complexity index is 976. The van der Waals surface area contributed by atoms with Crippen molar-refractivity contribution in [3.63, 3.8) is 0 Å². The Labute approximate surface area is 140 Å². The first-order valence-corrected chi connectivity index (χ1v) is 8.07. The molecule has 0 saturated heterocycles. The highest BCUT2D eigenvalue weighted by atomic mass is 15.3. The number of aromatic amines is 1. The lowest BCUT2D eigenvalue weighted by Crippen LogP contribution is -1.94. The summed E-state index contributed by atoms with van der Waals surface area (Å²) in [7, 11) is 0. The van der Waals surface area contributed by atoms with Gasteiger partial charge < -0.3 is 0 Å². The zero-order valence-electron chi connectivity index (χ0n) is 13.5. The molecule has 118 valence electrons. The van der Waals surface area contributed by atoms with Gasteiger partial charge in [-0.25, -0.2) is 4.68 Å². The van der Waals surface area contributed by atoms with Crippen molar-refractivity contribution in [2.45, 2.75) is 13.3 Å². The van der Waals surface area contributed by atoms with Gasteiger partial charge in [0.2, 0.25) is 0 Å². The lowest BCUT2D eigenvalue weighted by atomic mass is 10.00. The highest BCUT2D eigenvalue weighted by molar-refractivity contribution is 5.86. The fourth-order valence-electron chi connectivity index (χ4n) is 2.89. The molecule has 0 bridgehead atoms. The topological polar surface area (TPSA) is 46.5 Å². The van der Waals surface area contributed by atoms with Gasteiger partial charge in [-0.3, -0.25) is 5.10 Å². The number of hydrogen-bond donors (Lipinski definition) is 1. The standard InChI is InChI=1S/C20H18N4/c1-2-16(12-15-4-9-20-18(13-15)14-21-23-20)17-5-7-19(8-6-17)24-11-3-10-22-24/h3-14H,2H2,1H3,(H,21,23)/b16-12+. The zero-order chi connectivity index (χ0) is 16.4. The Hall–Kier alpha value is -3.14. The van der Waals surface area contributed by atoms with Gasteiger partial charge in [0.1, 0.15) is 0 Å². The van der Waals surface area contributed by atoms with Crippen LogP contribution in [0.3, 0.4) is 0 Å². The van der Waals surface area contributed by atoms with Crippen molar-refractivity contribution in [3.05, 3.63) is 78.2 Å². The van der Waals surface area contributed by atoms with E-state index in [0.717, 1.165) is 23.0 Å². The number of allylic oxidation sites excluding steroid dienone is 1. The Balaban J connectivity index is 1.67. The number of fused-ring (bicyclic) bond motifs is 1. The molecule has 24 heavy (non-hydrogen) atoms. The molecule has 4 heteroatoms. The molecule has 2 heterocycles. The predicted molar refractivity (Wildman–Crippen MR) is 97.8 cm³/mol. The quantitative estimate of drug-likeness (QED) is 0.555. The minimum atomic E-state index is 0.977. The van der Waals surface area contributed by atoms with Gasteiger partial charge in [-0.05, 0) is 53.5 Å². The molecule has 0 atom stereocenters. The third-order valence-corrected chi connectivity index (χ3v) is 4.19. The molecule has 0 aliphatic heterocycles. The van der Waals surface area contributed by atoms with Crippen molar-refractivity contribution < 1.29 is 0 Å². The second kappa shape index (κ2) is 6.16. The maximum absolute atomic E-state index is 4.27. The number of rotatable bonds is 4. The van der Waals surface area contributed by atoms with Crippen LogP contribution >= 0.6 is 0 Å². The summed E-state index contributed by atoms with van der Waals surface area (Å²) in [4.78, 5) is 0. The van der Waals surface area contributed by atoms with Crippen LogP contribution in [0.25, 0.3) is 28.2 Å². The van der Waals surface area contributed by atoms with Crippen LogP contribution in [0.2, 0.25) is 0 Å². The third-order valence-electron chi connectivity index (χ3n) is 4.19. The molecule has 0 aliphatic carbocycles. The molecule has 0 aliphatic rings. The number of hydrogen-bond acceptors (Lipinski definition) is 2. The molecular formula is C20H18N4.